The van der Waals surface area contributed by atoms with Gasteiger partial charge < -0.3 is 15.0 Å². The van der Waals surface area contributed by atoms with Gasteiger partial charge in [0, 0.05) is 17.3 Å². The second-order valence-corrected chi connectivity index (χ2v) is 10.1. The van der Waals surface area contributed by atoms with Gasteiger partial charge in [-0.25, -0.2) is 0 Å². The topological polar surface area (TPSA) is 41.6 Å². The minimum Gasteiger partial charge on any atom is -0.496 e. The van der Waals surface area contributed by atoms with Gasteiger partial charge >= 0.3 is 0 Å². The van der Waals surface area contributed by atoms with E-state index in [-0.39, 0.29) is 17.4 Å². The molecule has 3 aromatic rings. The summed E-state index contributed by atoms with van der Waals surface area (Å²) in [6, 6.07) is 22.7. The minimum atomic E-state index is -0.127. The summed E-state index contributed by atoms with van der Waals surface area (Å²) in [4.78, 5) is 16.7. The minimum absolute atomic E-state index is 0.113. The van der Waals surface area contributed by atoms with Crippen LogP contribution in [0, 0.1) is 5.92 Å². The monoisotopic (exact) mass is 458 g/mol. The number of ether oxygens (including phenoxy) is 1. The summed E-state index contributed by atoms with van der Waals surface area (Å²) in [5.41, 5.74) is 1.86. The SMILES string of the molecule is COc1ccc2ccccc2c1/C=C1\SC(Nc2ccccc2)N([C@@H]2CCCC[C@H]2C)C1=O. The molecular weight excluding hydrogens is 428 g/mol. The summed E-state index contributed by atoms with van der Waals surface area (Å²) in [5.74, 6) is 1.39. The van der Waals surface area contributed by atoms with E-state index >= 15 is 0 Å². The Morgan fingerprint density at radius 2 is 1.76 bits per heavy atom. The average molecular weight is 459 g/mol. The molecule has 1 aliphatic heterocycles. The van der Waals surface area contributed by atoms with E-state index in [1.54, 1.807) is 18.9 Å². The largest absolute Gasteiger partial charge is 0.496 e. The van der Waals surface area contributed by atoms with Crippen molar-refractivity contribution >= 4 is 40.2 Å². The van der Waals surface area contributed by atoms with Gasteiger partial charge in [0.05, 0.1) is 12.0 Å². The molecule has 0 aromatic heterocycles. The molecule has 170 valence electrons. The number of para-hydroxylation sites is 1. The molecule has 1 saturated heterocycles. The van der Waals surface area contributed by atoms with Gasteiger partial charge in [0.2, 0.25) is 0 Å². The molecule has 0 radical (unpaired) electrons. The lowest BCUT2D eigenvalue weighted by molar-refractivity contribution is -0.129. The number of carbonyl (C=O) groups excluding carboxylic acids is 1. The highest BCUT2D eigenvalue weighted by atomic mass is 32.2. The van der Waals surface area contributed by atoms with Crippen molar-refractivity contribution in [1.29, 1.82) is 0 Å². The average Bonchev–Trinajstić information content (AvgIpc) is 3.14. The third kappa shape index (κ3) is 4.34. The number of hydrogen-bond acceptors (Lipinski definition) is 4. The zero-order valence-electron chi connectivity index (χ0n) is 19.2. The van der Waals surface area contributed by atoms with E-state index in [1.807, 2.05) is 42.5 Å². The third-order valence-corrected chi connectivity index (χ3v) is 7.96. The first-order valence-corrected chi connectivity index (χ1v) is 12.6. The molecule has 0 bridgehead atoms. The molecule has 1 heterocycles. The molecule has 1 aliphatic carbocycles. The summed E-state index contributed by atoms with van der Waals surface area (Å²) in [7, 11) is 1.69. The third-order valence-electron chi connectivity index (χ3n) is 6.85. The van der Waals surface area contributed by atoms with Gasteiger partial charge in [0.25, 0.3) is 5.91 Å². The number of thioether (sulfide) groups is 1. The van der Waals surface area contributed by atoms with Crippen molar-refractivity contribution in [2.45, 2.75) is 44.1 Å². The molecule has 1 saturated carbocycles. The van der Waals surface area contributed by atoms with Crippen molar-refractivity contribution < 1.29 is 9.53 Å². The van der Waals surface area contributed by atoms with Gasteiger partial charge in [-0.1, -0.05) is 80.1 Å². The molecule has 5 heteroatoms. The molecule has 0 spiro atoms. The zero-order chi connectivity index (χ0) is 22.8. The Kier molecular flexibility index (Phi) is 6.32. The molecule has 2 fully saturated rings. The fourth-order valence-corrected chi connectivity index (χ4v) is 6.29. The van der Waals surface area contributed by atoms with Crippen LogP contribution in [0.3, 0.4) is 0 Å². The number of methoxy groups -OCH3 is 1. The number of benzene rings is 3. The fraction of sp³-hybridized carbons (Fsp3) is 0.321. The van der Waals surface area contributed by atoms with Gasteiger partial charge in [0.1, 0.15) is 5.75 Å². The van der Waals surface area contributed by atoms with E-state index in [9.17, 15) is 4.79 Å². The van der Waals surface area contributed by atoms with E-state index in [1.165, 1.54) is 19.3 Å². The van der Waals surface area contributed by atoms with Gasteiger partial charge in [-0.3, -0.25) is 4.79 Å². The van der Waals surface area contributed by atoms with Gasteiger partial charge in [-0.05, 0) is 53.8 Å². The number of rotatable bonds is 5. The smallest absolute Gasteiger partial charge is 0.262 e. The van der Waals surface area contributed by atoms with Crippen molar-refractivity contribution in [3.63, 3.8) is 0 Å². The van der Waals surface area contributed by atoms with Gasteiger partial charge in [-0.15, -0.1) is 0 Å². The maximum absolute atomic E-state index is 13.8. The quantitative estimate of drug-likeness (QED) is 0.430. The highest BCUT2D eigenvalue weighted by Gasteiger charge is 2.43. The first-order valence-electron chi connectivity index (χ1n) is 11.7. The van der Waals surface area contributed by atoms with Crippen LogP contribution in [0.25, 0.3) is 16.8 Å². The normalized spacial score (nSPS) is 24.4. The van der Waals surface area contributed by atoms with Crippen molar-refractivity contribution in [2.75, 3.05) is 12.4 Å². The lowest BCUT2D eigenvalue weighted by Gasteiger charge is -2.39. The number of nitrogens with one attached hydrogen (secondary N) is 1. The van der Waals surface area contributed by atoms with Crippen LogP contribution in [0.1, 0.15) is 38.2 Å². The Morgan fingerprint density at radius 3 is 2.55 bits per heavy atom. The zero-order valence-corrected chi connectivity index (χ0v) is 20.0. The first kappa shape index (κ1) is 21.9. The van der Waals surface area contributed by atoms with Crippen LogP contribution in [-0.4, -0.2) is 29.5 Å². The second-order valence-electron chi connectivity index (χ2n) is 8.93. The number of carbonyl (C=O) groups is 1. The van der Waals surface area contributed by atoms with E-state index in [0.29, 0.717) is 5.92 Å². The predicted octanol–water partition coefficient (Wildman–Crippen LogP) is 6.74. The summed E-state index contributed by atoms with van der Waals surface area (Å²) in [6.45, 7) is 2.29. The highest BCUT2D eigenvalue weighted by Crippen LogP contribution is 2.43. The van der Waals surface area contributed by atoms with E-state index in [0.717, 1.165) is 39.1 Å². The fourth-order valence-electron chi connectivity index (χ4n) is 5.10. The summed E-state index contributed by atoms with van der Waals surface area (Å²) >= 11 is 1.61. The van der Waals surface area contributed by atoms with Crippen LogP contribution in [0.15, 0.2) is 71.6 Å². The highest BCUT2D eigenvalue weighted by molar-refractivity contribution is 8.05. The molecule has 2 aliphatic rings. The van der Waals surface area contributed by atoms with Crippen LogP contribution in [-0.2, 0) is 4.79 Å². The standard InChI is InChI=1S/C28H30N2O2S/c1-19-10-6-9-15-24(19)30-27(31)26(33-28(30)29-21-12-4-3-5-13-21)18-23-22-14-8-7-11-20(22)16-17-25(23)32-2/h3-5,7-8,11-14,16-19,24,28-29H,6,9-10,15H2,1-2H3/b26-18-/t19-,24-,28?/m1/s1. The van der Waals surface area contributed by atoms with Crippen LogP contribution < -0.4 is 10.1 Å². The Bertz CT molecular complexity index is 1180. The van der Waals surface area contributed by atoms with E-state index in [2.05, 4.69) is 47.5 Å². The first-order chi connectivity index (χ1) is 16.2. The van der Waals surface area contributed by atoms with Crippen molar-refractivity contribution in [3.05, 3.63) is 77.2 Å². The molecule has 1 unspecified atom stereocenters. The lowest BCUT2D eigenvalue weighted by Crippen LogP contribution is -2.48. The Labute approximate surface area is 200 Å². The summed E-state index contributed by atoms with van der Waals surface area (Å²) < 4.78 is 5.69. The van der Waals surface area contributed by atoms with Crippen LogP contribution in [0.4, 0.5) is 5.69 Å². The second kappa shape index (κ2) is 9.52. The molecule has 1 N–H and O–H groups in total. The van der Waals surface area contributed by atoms with Gasteiger partial charge in [0.15, 0.2) is 5.50 Å². The molecule has 4 nitrogen and oxygen atoms in total. The Balaban J connectivity index is 1.55. The van der Waals surface area contributed by atoms with Crippen LogP contribution in [0.2, 0.25) is 0 Å². The van der Waals surface area contributed by atoms with Crippen molar-refractivity contribution in [2.24, 2.45) is 5.92 Å². The van der Waals surface area contributed by atoms with Crippen molar-refractivity contribution in [3.8, 4) is 5.75 Å². The molecule has 33 heavy (non-hydrogen) atoms. The molecule has 3 aromatic carbocycles. The molecule has 5 rings (SSSR count). The summed E-state index contributed by atoms with van der Waals surface area (Å²) in [6.07, 6.45) is 6.69. The molecule has 3 atom stereocenters. The lowest BCUT2D eigenvalue weighted by atomic mass is 9.85. The predicted molar refractivity (Wildman–Crippen MR) is 138 cm³/mol. The van der Waals surface area contributed by atoms with E-state index in [4.69, 9.17) is 4.74 Å². The maximum atomic E-state index is 13.8. The number of hydrogen-bond donors (Lipinski definition) is 1. The van der Waals surface area contributed by atoms with Gasteiger partial charge in [-0.2, -0.15) is 0 Å². The Hall–Kier alpha value is -2.92. The van der Waals surface area contributed by atoms with Crippen LogP contribution >= 0.6 is 11.8 Å². The van der Waals surface area contributed by atoms with E-state index < -0.39 is 0 Å². The number of amides is 1. The number of fused-ring (bicyclic) bond motifs is 1. The molecule has 1 amide bonds. The van der Waals surface area contributed by atoms with Crippen LogP contribution in [0.5, 0.6) is 5.75 Å². The number of nitrogens with zero attached hydrogens (tertiary/aromatic N) is 1. The molecular formula is C28H30N2O2S. The Morgan fingerprint density at radius 1 is 1.00 bits per heavy atom. The van der Waals surface area contributed by atoms with Crippen molar-refractivity contribution in [1.82, 2.24) is 4.90 Å². The maximum Gasteiger partial charge on any atom is 0.262 e. The summed E-state index contributed by atoms with van der Waals surface area (Å²) in [5, 5.41) is 5.85. The number of anilines is 1.